The average Bonchev–Trinajstić information content (AvgIpc) is 3.17. The van der Waals surface area contributed by atoms with Crippen molar-refractivity contribution in [1.82, 2.24) is 14.9 Å². The van der Waals surface area contributed by atoms with Crippen LogP contribution in [-0.2, 0) is 4.79 Å². The Hall–Kier alpha value is -3.41. The first-order valence-electron chi connectivity index (χ1n) is 9.46. The van der Waals surface area contributed by atoms with Crippen molar-refractivity contribution in [3.8, 4) is 0 Å². The molecule has 6 heteroatoms. The number of anilines is 1. The Balaban J connectivity index is 1.49. The first-order valence-corrected chi connectivity index (χ1v) is 9.46. The van der Waals surface area contributed by atoms with E-state index in [0.29, 0.717) is 30.8 Å². The second-order valence-corrected chi connectivity index (χ2v) is 6.81. The Labute approximate surface area is 163 Å². The van der Waals surface area contributed by atoms with E-state index in [2.05, 4.69) is 27.4 Å². The molecule has 2 amide bonds. The molecular weight excluding hydrogens is 352 g/mol. The molecule has 0 radical (unpaired) electrons. The number of carbonyl (C=O) groups excluding carboxylic acids is 2. The molecule has 0 bridgehead atoms. The van der Waals surface area contributed by atoms with Crippen LogP contribution in [0.15, 0.2) is 54.9 Å². The predicted octanol–water partition coefficient (Wildman–Crippen LogP) is 3.84. The van der Waals surface area contributed by atoms with E-state index in [1.165, 1.54) is 5.57 Å². The van der Waals surface area contributed by atoms with Crippen LogP contribution in [0.2, 0.25) is 0 Å². The summed E-state index contributed by atoms with van der Waals surface area (Å²) in [4.78, 5) is 33.8. The van der Waals surface area contributed by atoms with Gasteiger partial charge in [0.2, 0.25) is 5.91 Å². The molecule has 6 nitrogen and oxygen atoms in total. The third-order valence-electron chi connectivity index (χ3n) is 5.01. The van der Waals surface area contributed by atoms with Gasteiger partial charge in [-0.15, -0.1) is 0 Å². The van der Waals surface area contributed by atoms with Gasteiger partial charge in [-0.05, 0) is 42.3 Å². The van der Waals surface area contributed by atoms with Crippen LogP contribution in [0.25, 0.3) is 16.6 Å². The number of carbonyl (C=O) groups is 2. The van der Waals surface area contributed by atoms with Gasteiger partial charge in [0.05, 0.1) is 0 Å². The number of rotatable bonds is 4. The van der Waals surface area contributed by atoms with E-state index in [-0.39, 0.29) is 11.8 Å². The van der Waals surface area contributed by atoms with Gasteiger partial charge in [-0.1, -0.05) is 19.1 Å². The Bertz CT molecular complexity index is 1070. The maximum atomic E-state index is 12.9. The van der Waals surface area contributed by atoms with Gasteiger partial charge < -0.3 is 15.2 Å². The minimum atomic E-state index is -0.0663. The zero-order chi connectivity index (χ0) is 19.5. The van der Waals surface area contributed by atoms with E-state index < -0.39 is 0 Å². The molecule has 28 heavy (non-hydrogen) atoms. The first kappa shape index (κ1) is 18.0. The van der Waals surface area contributed by atoms with Crippen LogP contribution >= 0.6 is 0 Å². The van der Waals surface area contributed by atoms with Crippen LogP contribution in [0.4, 0.5) is 5.69 Å². The highest BCUT2D eigenvalue weighted by molar-refractivity contribution is 5.98. The van der Waals surface area contributed by atoms with Crippen molar-refractivity contribution < 1.29 is 9.59 Å². The van der Waals surface area contributed by atoms with E-state index in [4.69, 9.17) is 0 Å². The Morgan fingerprint density at radius 1 is 1.25 bits per heavy atom. The highest BCUT2D eigenvalue weighted by atomic mass is 16.2. The highest BCUT2D eigenvalue weighted by Crippen LogP contribution is 2.28. The number of aromatic amines is 1. The third kappa shape index (κ3) is 3.53. The number of H-pyrrole nitrogens is 1. The van der Waals surface area contributed by atoms with Crippen LogP contribution in [0.5, 0.6) is 0 Å². The Morgan fingerprint density at radius 3 is 2.93 bits per heavy atom. The second-order valence-electron chi connectivity index (χ2n) is 6.81. The summed E-state index contributed by atoms with van der Waals surface area (Å²) in [7, 11) is 0. The number of hydrogen-bond acceptors (Lipinski definition) is 3. The van der Waals surface area contributed by atoms with Gasteiger partial charge in [0.1, 0.15) is 5.65 Å². The number of benzene rings is 1. The Kier molecular flexibility index (Phi) is 4.93. The van der Waals surface area contributed by atoms with Gasteiger partial charge in [0.15, 0.2) is 0 Å². The molecule has 3 aromatic rings. The van der Waals surface area contributed by atoms with Crippen LogP contribution in [0.3, 0.4) is 0 Å². The number of fused-ring (bicyclic) bond motifs is 1. The fourth-order valence-corrected chi connectivity index (χ4v) is 3.48. The molecule has 0 saturated carbocycles. The lowest BCUT2D eigenvalue weighted by Gasteiger charge is -2.26. The quantitative estimate of drug-likeness (QED) is 0.728. The molecular formula is C22H22N4O2. The van der Waals surface area contributed by atoms with Gasteiger partial charge in [0, 0.05) is 54.1 Å². The number of pyridine rings is 1. The zero-order valence-corrected chi connectivity index (χ0v) is 15.7. The number of amides is 2. The number of nitrogens with zero attached hydrogens (tertiary/aromatic N) is 2. The topological polar surface area (TPSA) is 78.1 Å². The molecule has 0 atom stereocenters. The summed E-state index contributed by atoms with van der Waals surface area (Å²) in [5.41, 5.74) is 4.49. The molecule has 0 unspecified atom stereocenters. The Morgan fingerprint density at radius 2 is 2.14 bits per heavy atom. The SMILES string of the molecule is CCC(=O)Nc1cccc(C(=O)N2CC=C(c3c[nH]c4ncccc34)CC2)c1. The molecule has 1 aliphatic heterocycles. The third-order valence-corrected chi connectivity index (χ3v) is 5.01. The van der Waals surface area contributed by atoms with E-state index in [1.807, 2.05) is 17.2 Å². The molecule has 2 aromatic heterocycles. The van der Waals surface area contributed by atoms with Crippen LogP contribution in [0.1, 0.15) is 35.7 Å². The summed E-state index contributed by atoms with van der Waals surface area (Å²) < 4.78 is 0. The largest absolute Gasteiger partial charge is 0.346 e. The molecule has 0 fully saturated rings. The standard InChI is InChI=1S/C22H22N4O2/c1-2-20(27)25-17-6-3-5-16(13-17)22(28)26-11-8-15(9-12-26)19-14-24-21-18(19)7-4-10-23-21/h3-8,10,13-14H,2,9,11-12H2,1H3,(H,23,24)(H,25,27). The lowest BCUT2D eigenvalue weighted by atomic mass is 9.99. The minimum Gasteiger partial charge on any atom is -0.346 e. The van der Waals surface area contributed by atoms with Crippen LogP contribution in [-0.4, -0.2) is 39.8 Å². The molecule has 0 saturated heterocycles. The maximum Gasteiger partial charge on any atom is 0.254 e. The lowest BCUT2D eigenvalue weighted by Crippen LogP contribution is -2.34. The fraction of sp³-hybridized carbons (Fsp3) is 0.227. The van der Waals surface area contributed by atoms with Crippen molar-refractivity contribution >= 4 is 34.1 Å². The van der Waals surface area contributed by atoms with E-state index in [0.717, 1.165) is 23.0 Å². The molecule has 2 N–H and O–H groups in total. The lowest BCUT2D eigenvalue weighted by molar-refractivity contribution is -0.115. The second kappa shape index (κ2) is 7.68. The van der Waals surface area contributed by atoms with Gasteiger partial charge >= 0.3 is 0 Å². The minimum absolute atomic E-state index is 0.0245. The monoisotopic (exact) mass is 374 g/mol. The normalized spacial score (nSPS) is 14.0. The summed E-state index contributed by atoms with van der Waals surface area (Å²) in [6, 6.07) is 11.1. The summed E-state index contributed by atoms with van der Waals surface area (Å²) in [6.07, 6.45) is 7.07. The number of nitrogens with one attached hydrogen (secondary N) is 2. The van der Waals surface area contributed by atoms with Crippen LogP contribution in [0, 0.1) is 0 Å². The van der Waals surface area contributed by atoms with Gasteiger partial charge in [-0.3, -0.25) is 9.59 Å². The summed E-state index contributed by atoms with van der Waals surface area (Å²) in [6.45, 7) is 3.02. The molecule has 3 heterocycles. The maximum absolute atomic E-state index is 12.9. The van der Waals surface area contributed by atoms with Gasteiger partial charge in [0.25, 0.3) is 5.91 Å². The van der Waals surface area contributed by atoms with Crippen molar-refractivity contribution in [1.29, 1.82) is 0 Å². The van der Waals surface area contributed by atoms with Crippen molar-refractivity contribution in [3.05, 3.63) is 66.0 Å². The van der Waals surface area contributed by atoms with E-state index in [1.54, 1.807) is 37.4 Å². The van der Waals surface area contributed by atoms with Crippen molar-refractivity contribution in [3.63, 3.8) is 0 Å². The van der Waals surface area contributed by atoms with E-state index >= 15 is 0 Å². The molecule has 1 aromatic carbocycles. The van der Waals surface area contributed by atoms with Gasteiger partial charge in [-0.2, -0.15) is 0 Å². The summed E-state index contributed by atoms with van der Waals surface area (Å²) in [5, 5.41) is 3.91. The number of hydrogen-bond donors (Lipinski definition) is 2. The highest BCUT2D eigenvalue weighted by Gasteiger charge is 2.21. The first-order chi connectivity index (χ1) is 13.7. The molecule has 0 spiro atoms. The van der Waals surface area contributed by atoms with Crippen molar-refractivity contribution in [2.75, 3.05) is 18.4 Å². The van der Waals surface area contributed by atoms with E-state index in [9.17, 15) is 9.59 Å². The summed E-state index contributed by atoms with van der Waals surface area (Å²) in [5.74, 6) is -0.0909. The molecule has 4 rings (SSSR count). The average molecular weight is 374 g/mol. The number of aromatic nitrogens is 2. The van der Waals surface area contributed by atoms with Gasteiger partial charge in [-0.25, -0.2) is 4.98 Å². The van der Waals surface area contributed by atoms with Crippen molar-refractivity contribution in [2.45, 2.75) is 19.8 Å². The molecule has 1 aliphatic rings. The van der Waals surface area contributed by atoms with Crippen molar-refractivity contribution in [2.24, 2.45) is 0 Å². The fourth-order valence-electron chi connectivity index (χ4n) is 3.48. The smallest absolute Gasteiger partial charge is 0.254 e. The van der Waals surface area contributed by atoms with Crippen LogP contribution < -0.4 is 5.32 Å². The zero-order valence-electron chi connectivity index (χ0n) is 15.7. The summed E-state index contributed by atoms with van der Waals surface area (Å²) >= 11 is 0. The molecule has 0 aliphatic carbocycles. The predicted molar refractivity (Wildman–Crippen MR) is 110 cm³/mol. The molecule has 142 valence electrons.